The summed E-state index contributed by atoms with van der Waals surface area (Å²) in [7, 11) is 0. The predicted octanol–water partition coefficient (Wildman–Crippen LogP) is 5.11. The van der Waals surface area contributed by atoms with E-state index in [2.05, 4.69) is 61.0 Å². The molecule has 0 saturated heterocycles. The summed E-state index contributed by atoms with van der Waals surface area (Å²) in [6.45, 7) is 5.06. The Morgan fingerprint density at radius 1 is 1.21 bits per heavy atom. The van der Waals surface area contributed by atoms with Crippen LogP contribution in [0, 0.1) is 0 Å². The number of aromatic nitrogens is 2. The maximum atomic E-state index is 4.68. The van der Waals surface area contributed by atoms with Gasteiger partial charge >= 0.3 is 0 Å². The van der Waals surface area contributed by atoms with Gasteiger partial charge in [-0.25, -0.2) is 9.97 Å². The first kappa shape index (κ1) is 14.9. The highest BCUT2D eigenvalue weighted by Gasteiger charge is 2.13. The highest BCUT2D eigenvalue weighted by Crippen LogP contribution is 2.33. The summed E-state index contributed by atoms with van der Waals surface area (Å²) in [6, 6.07) is 4.07. The zero-order chi connectivity index (χ0) is 13.8. The first-order valence-electron chi connectivity index (χ1n) is 6.21. The molecular formula is C13H15Br2N3S. The largest absolute Gasteiger partial charge is 0.369 e. The molecule has 0 radical (unpaired) electrons. The molecule has 102 valence electrons. The minimum absolute atomic E-state index is 0.790. The summed E-state index contributed by atoms with van der Waals surface area (Å²) in [5.41, 5.74) is 1.06. The Bertz CT molecular complexity index is 542. The molecule has 0 aromatic carbocycles. The van der Waals surface area contributed by atoms with Gasteiger partial charge in [0.05, 0.1) is 18.8 Å². The summed E-state index contributed by atoms with van der Waals surface area (Å²) >= 11 is 8.73. The van der Waals surface area contributed by atoms with Crippen molar-refractivity contribution in [2.75, 3.05) is 11.9 Å². The van der Waals surface area contributed by atoms with Gasteiger partial charge in [0.15, 0.2) is 5.82 Å². The minimum atomic E-state index is 0.790. The van der Waals surface area contributed by atoms with Gasteiger partial charge in [0.25, 0.3) is 0 Å². The number of hydrogen-bond acceptors (Lipinski definition) is 4. The van der Waals surface area contributed by atoms with Gasteiger partial charge in [-0.1, -0.05) is 13.3 Å². The SMILES string of the molecule is CCCc1nc(-c2ccc(Br)s2)nc(NCC)c1Br. The van der Waals surface area contributed by atoms with E-state index in [1.54, 1.807) is 11.3 Å². The Morgan fingerprint density at radius 3 is 2.58 bits per heavy atom. The molecule has 0 aliphatic carbocycles. The van der Waals surface area contributed by atoms with Crippen molar-refractivity contribution in [1.29, 1.82) is 0 Å². The molecule has 2 aromatic heterocycles. The number of aryl methyl sites for hydroxylation is 1. The van der Waals surface area contributed by atoms with E-state index in [-0.39, 0.29) is 0 Å². The Balaban J connectivity index is 2.48. The second-order valence-electron chi connectivity index (χ2n) is 4.04. The van der Waals surface area contributed by atoms with Gasteiger partial charge < -0.3 is 5.32 Å². The molecule has 0 fully saturated rings. The molecule has 1 N–H and O–H groups in total. The van der Waals surface area contributed by atoms with Gasteiger partial charge in [-0.3, -0.25) is 0 Å². The van der Waals surface area contributed by atoms with Crippen molar-refractivity contribution in [1.82, 2.24) is 9.97 Å². The lowest BCUT2D eigenvalue weighted by Gasteiger charge is -2.11. The number of halogens is 2. The van der Waals surface area contributed by atoms with Crippen LogP contribution in [0.25, 0.3) is 10.7 Å². The molecule has 0 aliphatic rings. The van der Waals surface area contributed by atoms with E-state index in [0.29, 0.717) is 0 Å². The summed E-state index contributed by atoms with van der Waals surface area (Å²) in [6.07, 6.45) is 2.01. The lowest BCUT2D eigenvalue weighted by atomic mass is 10.2. The zero-order valence-corrected chi connectivity index (χ0v) is 14.8. The molecule has 0 bridgehead atoms. The van der Waals surface area contributed by atoms with Crippen molar-refractivity contribution in [2.45, 2.75) is 26.7 Å². The number of hydrogen-bond donors (Lipinski definition) is 1. The number of thiophene rings is 1. The average molecular weight is 405 g/mol. The van der Waals surface area contributed by atoms with Crippen molar-refractivity contribution >= 4 is 49.0 Å². The highest BCUT2D eigenvalue weighted by atomic mass is 79.9. The first-order chi connectivity index (χ1) is 9.15. The summed E-state index contributed by atoms with van der Waals surface area (Å²) in [5, 5.41) is 3.29. The zero-order valence-electron chi connectivity index (χ0n) is 10.8. The van der Waals surface area contributed by atoms with Crippen molar-refractivity contribution in [2.24, 2.45) is 0 Å². The fourth-order valence-electron chi connectivity index (χ4n) is 1.73. The number of rotatable bonds is 5. The van der Waals surface area contributed by atoms with Crippen LogP contribution in [0.4, 0.5) is 5.82 Å². The van der Waals surface area contributed by atoms with E-state index in [0.717, 1.165) is 49.9 Å². The van der Waals surface area contributed by atoms with Gasteiger partial charge in [0.2, 0.25) is 0 Å². The Hall–Kier alpha value is -0.460. The van der Waals surface area contributed by atoms with Crippen LogP contribution in [0.1, 0.15) is 26.0 Å². The fourth-order valence-corrected chi connectivity index (χ4v) is 3.56. The van der Waals surface area contributed by atoms with Crippen LogP contribution in [-0.4, -0.2) is 16.5 Å². The summed E-state index contributed by atoms with van der Waals surface area (Å²) < 4.78 is 2.08. The topological polar surface area (TPSA) is 37.8 Å². The number of nitrogens with zero attached hydrogens (tertiary/aromatic N) is 2. The smallest absolute Gasteiger partial charge is 0.171 e. The van der Waals surface area contributed by atoms with Crippen LogP contribution in [0.15, 0.2) is 20.4 Å². The molecule has 2 heterocycles. The van der Waals surface area contributed by atoms with Gasteiger partial charge in [0.1, 0.15) is 5.82 Å². The highest BCUT2D eigenvalue weighted by molar-refractivity contribution is 9.11. The van der Waals surface area contributed by atoms with Crippen LogP contribution in [0.5, 0.6) is 0 Å². The predicted molar refractivity (Wildman–Crippen MR) is 88.9 cm³/mol. The van der Waals surface area contributed by atoms with Crippen LogP contribution in [0.3, 0.4) is 0 Å². The van der Waals surface area contributed by atoms with Gasteiger partial charge in [-0.15, -0.1) is 11.3 Å². The minimum Gasteiger partial charge on any atom is -0.369 e. The molecule has 0 unspecified atom stereocenters. The Labute approximate surface area is 134 Å². The second-order valence-corrected chi connectivity index (χ2v) is 7.30. The second kappa shape index (κ2) is 6.81. The van der Waals surface area contributed by atoms with E-state index >= 15 is 0 Å². The van der Waals surface area contributed by atoms with E-state index in [1.165, 1.54) is 0 Å². The molecule has 0 saturated carbocycles. The van der Waals surface area contributed by atoms with Crippen LogP contribution < -0.4 is 5.32 Å². The Morgan fingerprint density at radius 2 is 2.00 bits per heavy atom. The van der Waals surface area contributed by atoms with Crippen molar-refractivity contribution in [3.63, 3.8) is 0 Å². The van der Waals surface area contributed by atoms with Gasteiger partial charge in [0, 0.05) is 6.54 Å². The van der Waals surface area contributed by atoms with Gasteiger partial charge in [-0.2, -0.15) is 0 Å². The molecule has 3 nitrogen and oxygen atoms in total. The molecular weight excluding hydrogens is 390 g/mol. The third-order valence-electron chi connectivity index (χ3n) is 2.54. The van der Waals surface area contributed by atoms with Crippen molar-refractivity contribution in [3.8, 4) is 10.7 Å². The normalized spacial score (nSPS) is 10.7. The maximum absolute atomic E-state index is 4.68. The number of anilines is 1. The fraction of sp³-hybridized carbons (Fsp3) is 0.385. The molecule has 2 rings (SSSR count). The molecule has 2 aromatic rings. The molecule has 0 spiro atoms. The quantitative estimate of drug-likeness (QED) is 0.751. The third kappa shape index (κ3) is 3.55. The Kier molecular flexibility index (Phi) is 5.36. The summed E-state index contributed by atoms with van der Waals surface area (Å²) in [5.74, 6) is 1.67. The van der Waals surface area contributed by atoms with Crippen LogP contribution in [-0.2, 0) is 6.42 Å². The molecule has 0 amide bonds. The van der Waals surface area contributed by atoms with Crippen LogP contribution >= 0.6 is 43.2 Å². The molecule has 0 atom stereocenters. The van der Waals surface area contributed by atoms with E-state index in [1.807, 2.05) is 12.1 Å². The number of nitrogens with one attached hydrogen (secondary N) is 1. The standard InChI is InChI=1S/C13H15Br2N3S/c1-3-5-8-11(15)13(16-4-2)18-12(17-8)9-6-7-10(14)19-9/h6-7H,3-5H2,1-2H3,(H,16,17,18). The van der Waals surface area contributed by atoms with Crippen molar-refractivity contribution in [3.05, 3.63) is 26.1 Å². The lowest BCUT2D eigenvalue weighted by molar-refractivity contribution is 0.868. The molecule has 19 heavy (non-hydrogen) atoms. The van der Waals surface area contributed by atoms with Gasteiger partial charge in [-0.05, 0) is 57.3 Å². The van der Waals surface area contributed by atoms with E-state index in [4.69, 9.17) is 0 Å². The van der Waals surface area contributed by atoms with Crippen LogP contribution in [0.2, 0.25) is 0 Å². The lowest BCUT2D eigenvalue weighted by Crippen LogP contribution is -2.05. The van der Waals surface area contributed by atoms with Crippen molar-refractivity contribution < 1.29 is 0 Å². The first-order valence-corrected chi connectivity index (χ1v) is 8.62. The molecule has 6 heteroatoms. The summed E-state index contributed by atoms with van der Waals surface area (Å²) in [4.78, 5) is 10.4. The third-order valence-corrected chi connectivity index (χ3v) is 5.00. The van der Waals surface area contributed by atoms with E-state index in [9.17, 15) is 0 Å². The monoisotopic (exact) mass is 403 g/mol. The maximum Gasteiger partial charge on any atom is 0.171 e. The van der Waals surface area contributed by atoms with E-state index < -0.39 is 0 Å². The molecule has 0 aliphatic heterocycles. The average Bonchev–Trinajstić information content (AvgIpc) is 2.81.